The van der Waals surface area contributed by atoms with Crippen molar-refractivity contribution in [2.45, 2.75) is 44.8 Å². The Balaban J connectivity index is 1.40. The van der Waals surface area contributed by atoms with Crippen molar-refractivity contribution in [2.24, 2.45) is 0 Å². The zero-order valence-corrected chi connectivity index (χ0v) is 18.8. The average molecular weight is 421 g/mol. The summed E-state index contributed by atoms with van der Waals surface area (Å²) in [5.74, 6) is 2.61. The number of nitrogens with one attached hydrogen (secondary N) is 1. The monoisotopic (exact) mass is 420 g/mol. The van der Waals surface area contributed by atoms with E-state index in [1.165, 1.54) is 5.56 Å². The van der Waals surface area contributed by atoms with E-state index >= 15 is 0 Å². The minimum atomic E-state index is 0.154. The first kappa shape index (κ1) is 20.5. The summed E-state index contributed by atoms with van der Waals surface area (Å²) < 4.78 is 8.09. The van der Waals surface area contributed by atoms with Gasteiger partial charge in [-0.05, 0) is 36.1 Å². The van der Waals surface area contributed by atoms with Crippen molar-refractivity contribution >= 4 is 22.7 Å². The number of thioether (sulfide) groups is 1. The number of fused-ring (bicyclic) bond motifs is 1. The second kappa shape index (κ2) is 8.56. The first-order valence-electron chi connectivity index (χ1n) is 10.3. The molecule has 156 valence electrons. The van der Waals surface area contributed by atoms with Crippen LogP contribution in [0.1, 0.15) is 33.3 Å². The van der Waals surface area contributed by atoms with Crippen LogP contribution in [0.5, 0.6) is 5.75 Å². The molecule has 30 heavy (non-hydrogen) atoms. The Bertz CT molecular complexity index is 1120. The molecule has 0 aliphatic carbocycles. The smallest absolute Gasteiger partial charge is 0.191 e. The molecule has 0 amide bonds. The highest BCUT2D eigenvalue weighted by Gasteiger charge is 2.16. The van der Waals surface area contributed by atoms with Gasteiger partial charge in [-0.3, -0.25) is 0 Å². The molecule has 2 heterocycles. The van der Waals surface area contributed by atoms with Gasteiger partial charge in [0.05, 0.1) is 6.61 Å². The number of aromatic amines is 1. The molecule has 0 saturated carbocycles. The average Bonchev–Trinajstić information content (AvgIpc) is 3.34. The summed E-state index contributed by atoms with van der Waals surface area (Å²) in [6.07, 6.45) is 2.01. The molecule has 0 aliphatic rings. The summed E-state index contributed by atoms with van der Waals surface area (Å²) in [5, 5.41) is 11.0. The highest BCUT2D eigenvalue weighted by molar-refractivity contribution is 7.99. The Morgan fingerprint density at radius 1 is 1.03 bits per heavy atom. The maximum Gasteiger partial charge on any atom is 0.191 e. The van der Waals surface area contributed by atoms with Crippen LogP contribution in [0, 0.1) is 0 Å². The highest BCUT2D eigenvalue weighted by atomic mass is 32.2. The molecule has 0 fully saturated rings. The van der Waals surface area contributed by atoms with Crippen LogP contribution >= 0.6 is 11.8 Å². The zero-order chi connectivity index (χ0) is 21.1. The van der Waals surface area contributed by atoms with E-state index in [1.54, 1.807) is 11.8 Å². The summed E-state index contributed by atoms with van der Waals surface area (Å²) in [7, 11) is 0. The van der Waals surface area contributed by atoms with Gasteiger partial charge in [-0.25, -0.2) is 0 Å². The van der Waals surface area contributed by atoms with Crippen LogP contribution in [0.3, 0.4) is 0 Å². The Morgan fingerprint density at radius 3 is 2.53 bits per heavy atom. The number of ether oxygens (including phenoxy) is 1. The first-order valence-corrected chi connectivity index (χ1v) is 11.3. The second-order valence-electron chi connectivity index (χ2n) is 8.27. The number of hydrogen-bond acceptors (Lipinski definition) is 4. The standard InChI is InChI=1S/C24H28N4OS/c1-5-28-22(20-16-25-21-9-7-6-8-19(20)21)26-27-23(28)30-15-14-29-18-12-10-17(11-13-18)24(2,3)4/h6-13,16,25H,5,14-15H2,1-4H3. The van der Waals surface area contributed by atoms with Crippen LogP contribution in [0.2, 0.25) is 0 Å². The predicted octanol–water partition coefficient (Wildman–Crippen LogP) is 5.91. The fourth-order valence-electron chi connectivity index (χ4n) is 3.48. The van der Waals surface area contributed by atoms with Crippen molar-refractivity contribution < 1.29 is 4.74 Å². The van der Waals surface area contributed by atoms with Gasteiger partial charge in [0.25, 0.3) is 0 Å². The van der Waals surface area contributed by atoms with Gasteiger partial charge >= 0.3 is 0 Å². The van der Waals surface area contributed by atoms with Gasteiger partial charge in [-0.15, -0.1) is 10.2 Å². The molecule has 4 aromatic rings. The van der Waals surface area contributed by atoms with Crippen molar-refractivity contribution in [2.75, 3.05) is 12.4 Å². The topological polar surface area (TPSA) is 55.7 Å². The molecule has 0 saturated heterocycles. The van der Waals surface area contributed by atoms with Crippen LogP contribution in [0.25, 0.3) is 22.3 Å². The SMILES string of the molecule is CCn1c(SCCOc2ccc(C(C)(C)C)cc2)nnc1-c1c[nH]c2ccccc12. The molecule has 0 atom stereocenters. The fourth-order valence-corrected chi connectivity index (χ4v) is 4.30. The van der Waals surface area contributed by atoms with Crippen LogP contribution < -0.4 is 4.74 Å². The number of rotatable bonds is 7. The molecule has 2 aromatic carbocycles. The van der Waals surface area contributed by atoms with Crippen LogP contribution in [0.4, 0.5) is 0 Å². The van der Waals surface area contributed by atoms with Crippen molar-refractivity contribution in [3.63, 3.8) is 0 Å². The number of para-hydroxylation sites is 1. The van der Waals surface area contributed by atoms with Gasteiger partial charge < -0.3 is 14.3 Å². The number of hydrogen-bond donors (Lipinski definition) is 1. The molecule has 2 aromatic heterocycles. The van der Waals surface area contributed by atoms with E-state index < -0.39 is 0 Å². The summed E-state index contributed by atoms with van der Waals surface area (Å²) in [4.78, 5) is 3.32. The van der Waals surface area contributed by atoms with Gasteiger partial charge in [-0.1, -0.05) is 62.9 Å². The highest BCUT2D eigenvalue weighted by Crippen LogP contribution is 2.30. The normalized spacial score (nSPS) is 11.9. The van der Waals surface area contributed by atoms with Gasteiger partial charge in [0, 0.05) is 35.0 Å². The Kier molecular flexibility index (Phi) is 5.86. The Labute approximate surface area is 181 Å². The van der Waals surface area contributed by atoms with Gasteiger partial charge in [0.2, 0.25) is 0 Å². The quantitative estimate of drug-likeness (QED) is 0.298. The third kappa shape index (κ3) is 4.24. The molecule has 0 radical (unpaired) electrons. The van der Waals surface area contributed by atoms with E-state index in [4.69, 9.17) is 4.74 Å². The van der Waals surface area contributed by atoms with Gasteiger partial charge in [-0.2, -0.15) is 0 Å². The molecule has 6 heteroatoms. The van der Waals surface area contributed by atoms with E-state index in [1.807, 2.05) is 18.3 Å². The van der Waals surface area contributed by atoms with Gasteiger partial charge in [0.15, 0.2) is 11.0 Å². The first-order chi connectivity index (χ1) is 14.5. The van der Waals surface area contributed by atoms with Crippen molar-refractivity contribution in [1.29, 1.82) is 0 Å². The number of H-pyrrole nitrogens is 1. The van der Waals surface area contributed by atoms with E-state index in [-0.39, 0.29) is 5.41 Å². The van der Waals surface area contributed by atoms with Gasteiger partial charge in [0.1, 0.15) is 5.75 Å². The van der Waals surface area contributed by atoms with Crippen LogP contribution in [-0.4, -0.2) is 32.1 Å². The Morgan fingerprint density at radius 2 is 1.80 bits per heavy atom. The largest absolute Gasteiger partial charge is 0.493 e. The molecular weight excluding hydrogens is 392 g/mol. The second-order valence-corrected chi connectivity index (χ2v) is 9.33. The minimum absolute atomic E-state index is 0.154. The fraction of sp³-hybridized carbons (Fsp3) is 0.333. The van der Waals surface area contributed by atoms with E-state index in [0.717, 1.165) is 45.5 Å². The maximum atomic E-state index is 5.92. The van der Waals surface area contributed by atoms with E-state index in [2.05, 4.69) is 83.8 Å². The summed E-state index contributed by atoms with van der Waals surface area (Å²) in [6.45, 7) is 10.2. The third-order valence-electron chi connectivity index (χ3n) is 5.17. The van der Waals surface area contributed by atoms with Crippen LogP contribution in [-0.2, 0) is 12.0 Å². The molecule has 5 nitrogen and oxygen atoms in total. The predicted molar refractivity (Wildman–Crippen MR) is 124 cm³/mol. The summed E-state index contributed by atoms with van der Waals surface area (Å²) in [6, 6.07) is 16.7. The number of aromatic nitrogens is 4. The lowest BCUT2D eigenvalue weighted by atomic mass is 9.87. The lowest BCUT2D eigenvalue weighted by Gasteiger charge is -2.19. The molecule has 0 aliphatic heterocycles. The molecule has 0 unspecified atom stereocenters. The Hall–Kier alpha value is -2.73. The lowest BCUT2D eigenvalue weighted by molar-refractivity contribution is 0.343. The third-order valence-corrected chi connectivity index (χ3v) is 6.10. The molecule has 0 spiro atoms. The van der Waals surface area contributed by atoms with E-state index in [9.17, 15) is 0 Å². The maximum absolute atomic E-state index is 5.92. The van der Waals surface area contributed by atoms with E-state index in [0.29, 0.717) is 6.61 Å². The lowest BCUT2D eigenvalue weighted by Crippen LogP contribution is -2.10. The molecule has 4 rings (SSSR count). The molecule has 1 N–H and O–H groups in total. The van der Waals surface area contributed by atoms with Crippen molar-refractivity contribution in [3.8, 4) is 17.1 Å². The minimum Gasteiger partial charge on any atom is -0.493 e. The number of nitrogens with zero attached hydrogens (tertiary/aromatic N) is 3. The van der Waals surface area contributed by atoms with Crippen LogP contribution in [0.15, 0.2) is 59.9 Å². The molecule has 0 bridgehead atoms. The number of benzene rings is 2. The summed E-state index contributed by atoms with van der Waals surface area (Å²) in [5.41, 5.74) is 3.66. The zero-order valence-electron chi connectivity index (χ0n) is 18.0. The molecular formula is C24H28N4OS. The summed E-state index contributed by atoms with van der Waals surface area (Å²) >= 11 is 1.68. The van der Waals surface area contributed by atoms with Crippen molar-refractivity contribution in [3.05, 3.63) is 60.3 Å². The van der Waals surface area contributed by atoms with Crippen molar-refractivity contribution in [1.82, 2.24) is 19.7 Å².